The van der Waals surface area contributed by atoms with Gasteiger partial charge in [-0.3, -0.25) is 0 Å². The first-order valence-corrected chi connectivity index (χ1v) is 3.65. The van der Waals surface area contributed by atoms with Crippen molar-refractivity contribution in [1.82, 2.24) is 0 Å². The molecule has 0 spiro atoms. The molecule has 76 valence electrons. The van der Waals surface area contributed by atoms with Gasteiger partial charge in [0, 0.05) is 6.08 Å². The standard InChI is InChI=1S/C9H10O5/c1-2-5-14-9(13)7(6-10)3-4-8(11)12/h2-4,6,10H,1,5H2,(H,11,12). The van der Waals surface area contributed by atoms with Crippen LogP contribution in [0.5, 0.6) is 0 Å². The Morgan fingerprint density at radius 2 is 2.00 bits per heavy atom. The first-order valence-electron chi connectivity index (χ1n) is 3.65. The molecule has 0 fully saturated rings. The van der Waals surface area contributed by atoms with Gasteiger partial charge in [-0.25, -0.2) is 9.59 Å². The Bertz CT molecular complexity index is 288. The maximum absolute atomic E-state index is 11.0. The second-order valence-electron chi connectivity index (χ2n) is 2.14. The number of carboxylic acids is 1. The van der Waals surface area contributed by atoms with Crippen molar-refractivity contribution >= 4 is 11.9 Å². The van der Waals surface area contributed by atoms with Crippen molar-refractivity contribution in [2.24, 2.45) is 0 Å². The number of hydrogen-bond donors (Lipinski definition) is 2. The first-order chi connectivity index (χ1) is 6.61. The third kappa shape index (κ3) is 4.76. The SMILES string of the molecule is C=CCOC(=O)C(C=CC(=O)O)=CO. The Balaban J connectivity index is 4.35. The molecule has 2 N–H and O–H groups in total. The summed E-state index contributed by atoms with van der Waals surface area (Å²) in [7, 11) is 0. The molecule has 0 heterocycles. The van der Waals surface area contributed by atoms with E-state index in [0.29, 0.717) is 6.26 Å². The van der Waals surface area contributed by atoms with E-state index in [2.05, 4.69) is 11.3 Å². The molecule has 0 unspecified atom stereocenters. The van der Waals surface area contributed by atoms with Crippen molar-refractivity contribution in [2.45, 2.75) is 0 Å². The third-order valence-corrected chi connectivity index (χ3v) is 1.11. The molecule has 0 saturated heterocycles. The van der Waals surface area contributed by atoms with Gasteiger partial charge in [0.2, 0.25) is 0 Å². The lowest BCUT2D eigenvalue weighted by Crippen LogP contribution is -2.06. The summed E-state index contributed by atoms with van der Waals surface area (Å²) in [5.74, 6) is -2.04. The average Bonchev–Trinajstić information content (AvgIpc) is 2.15. The van der Waals surface area contributed by atoms with Crippen LogP contribution in [0.1, 0.15) is 0 Å². The maximum atomic E-state index is 11.0. The van der Waals surface area contributed by atoms with Crippen LogP contribution in [-0.2, 0) is 14.3 Å². The molecule has 0 amide bonds. The highest BCUT2D eigenvalue weighted by Crippen LogP contribution is 1.99. The number of esters is 1. The number of ether oxygens (including phenoxy) is 1. The minimum Gasteiger partial charge on any atom is -0.515 e. The van der Waals surface area contributed by atoms with E-state index in [9.17, 15) is 9.59 Å². The van der Waals surface area contributed by atoms with Crippen molar-refractivity contribution in [2.75, 3.05) is 6.61 Å². The van der Waals surface area contributed by atoms with Gasteiger partial charge in [0.1, 0.15) is 6.61 Å². The number of carbonyl (C=O) groups is 2. The summed E-state index contributed by atoms with van der Waals surface area (Å²) in [4.78, 5) is 21.1. The average molecular weight is 198 g/mol. The molecule has 0 aliphatic rings. The van der Waals surface area contributed by atoms with Crippen molar-refractivity contribution in [1.29, 1.82) is 0 Å². The molecule has 0 aliphatic carbocycles. The van der Waals surface area contributed by atoms with Crippen LogP contribution < -0.4 is 0 Å². The Morgan fingerprint density at radius 3 is 2.43 bits per heavy atom. The quantitative estimate of drug-likeness (QED) is 0.224. The molecular formula is C9H10O5. The van der Waals surface area contributed by atoms with Gasteiger partial charge in [0.25, 0.3) is 0 Å². The Kier molecular flexibility index (Phi) is 5.53. The molecule has 0 aromatic rings. The van der Waals surface area contributed by atoms with Gasteiger partial charge < -0.3 is 14.9 Å². The Hall–Kier alpha value is -2.04. The molecule has 5 heteroatoms. The van der Waals surface area contributed by atoms with Gasteiger partial charge in [-0.2, -0.15) is 0 Å². The summed E-state index contributed by atoms with van der Waals surface area (Å²) < 4.78 is 4.55. The summed E-state index contributed by atoms with van der Waals surface area (Å²) in [5, 5.41) is 16.8. The van der Waals surface area contributed by atoms with Gasteiger partial charge >= 0.3 is 11.9 Å². The van der Waals surface area contributed by atoms with E-state index in [0.717, 1.165) is 12.2 Å². The number of aliphatic carboxylic acids is 1. The van der Waals surface area contributed by atoms with Crippen LogP contribution in [-0.4, -0.2) is 28.8 Å². The Morgan fingerprint density at radius 1 is 1.36 bits per heavy atom. The molecule has 0 atom stereocenters. The van der Waals surface area contributed by atoms with Crippen LogP contribution >= 0.6 is 0 Å². The minimum absolute atomic E-state index is 0.00289. The summed E-state index contributed by atoms with van der Waals surface area (Å²) in [6.45, 7) is 3.32. The van der Waals surface area contributed by atoms with Gasteiger partial charge in [-0.05, 0) is 6.08 Å². The summed E-state index contributed by atoms with van der Waals surface area (Å²) in [6.07, 6.45) is 3.49. The Labute approximate surface area is 80.6 Å². The zero-order valence-corrected chi connectivity index (χ0v) is 7.34. The number of aliphatic hydroxyl groups excluding tert-OH is 1. The lowest BCUT2D eigenvalue weighted by atomic mass is 10.3. The molecule has 14 heavy (non-hydrogen) atoms. The van der Waals surface area contributed by atoms with Crippen LogP contribution in [0.3, 0.4) is 0 Å². The van der Waals surface area contributed by atoms with Gasteiger partial charge in [0.05, 0.1) is 11.8 Å². The van der Waals surface area contributed by atoms with E-state index in [1.165, 1.54) is 6.08 Å². The highest BCUT2D eigenvalue weighted by Gasteiger charge is 2.07. The number of hydrogen-bond acceptors (Lipinski definition) is 4. The number of rotatable bonds is 5. The normalized spacial score (nSPS) is 11.3. The maximum Gasteiger partial charge on any atom is 0.341 e. The van der Waals surface area contributed by atoms with E-state index >= 15 is 0 Å². The van der Waals surface area contributed by atoms with Crippen molar-refractivity contribution in [3.63, 3.8) is 0 Å². The van der Waals surface area contributed by atoms with E-state index in [4.69, 9.17) is 10.2 Å². The molecule has 0 saturated carbocycles. The van der Waals surface area contributed by atoms with E-state index in [-0.39, 0.29) is 12.2 Å². The highest BCUT2D eigenvalue weighted by atomic mass is 16.5. The van der Waals surface area contributed by atoms with Crippen molar-refractivity contribution < 1.29 is 24.5 Å². The third-order valence-electron chi connectivity index (χ3n) is 1.11. The van der Waals surface area contributed by atoms with Gasteiger partial charge in [0.15, 0.2) is 0 Å². The van der Waals surface area contributed by atoms with E-state index < -0.39 is 11.9 Å². The van der Waals surface area contributed by atoms with Crippen molar-refractivity contribution in [3.05, 3.63) is 36.6 Å². The molecule has 0 bridgehead atoms. The predicted molar refractivity (Wildman–Crippen MR) is 48.6 cm³/mol. The minimum atomic E-state index is -1.22. The predicted octanol–water partition coefficient (Wildman–Crippen LogP) is 0.798. The zero-order valence-electron chi connectivity index (χ0n) is 7.34. The number of aliphatic hydroxyl groups is 1. The molecule has 0 radical (unpaired) electrons. The van der Waals surface area contributed by atoms with Gasteiger partial charge in [-0.15, -0.1) is 0 Å². The van der Waals surface area contributed by atoms with Crippen LogP contribution in [0.4, 0.5) is 0 Å². The highest BCUT2D eigenvalue weighted by molar-refractivity contribution is 5.93. The van der Waals surface area contributed by atoms with Crippen molar-refractivity contribution in [3.8, 4) is 0 Å². The first kappa shape index (κ1) is 12.0. The fraction of sp³-hybridized carbons (Fsp3) is 0.111. The van der Waals surface area contributed by atoms with E-state index in [1.54, 1.807) is 0 Å². The lowest BCUT2D eigenvalue weighted by molar-refractivity contribution is -0.137. The fourth-order valence-corrected chi connectivity index (χ4v) is 0.543. The van der Waals surface area contributed by atoms with Gasteiger partial charge in [-0.1, -0.05) is 12.7 Å². The fourth-order valence-electron chi connectivity index (χ4n) is 0.543. The second-order valence-corrected chi connectivity index (χ2v) is 2.14. The van der Waals surface area contributed by atoms with Crippen LogP contribution in [0.25, 0.3) is 0 Å². The second kappa shape index (κ2) is 6.47. The molecular weight excluding hydrogens is 188 g/mol. The summed E-state index contributed by atoms with van der Waals surface area (Å²) >= 11 is 0. The lowest BCUT2D eigenvalue weighted by Gasteiger charge is -1.99. The number of carboxylic acid groups (broad SMARTS) is 1. The van der Waals surface area contributed by atoms with Crippen LogP contribution in [0.2, 0.25) is 0 Å². The smallest absolute Gasteiger partial charge is 0.341 e. The van der Waals surface area contributed by atoms with Crippen LogP contribution in [0, 0.1) is 0 Å². The largest absolute Gasteiger partial charge is 0.515 e. The topological polar surface area (TPSA) is 83.8 Å². The summed E-state index contributed by atoms with van der Waals surface area (Å²) in [6, 6.07) is 0. The van der Waals surface area contributed by atoms with E-state index in [1.807, 2.05) is 0 Å². The molecule has 0 rings (SSSR count). The molecule has 0 aromatic carbocycles. The molecule has 0 aliphatic heterocycles. The summed E-state index contributed by atoms with van der Waals surface area (Å²) in [5.41, 5.74) is -0.241. The zero-order chi connectivity index (χ0) is 11.0. The molecule has 5 nitrogen and oxygen atoms in total. The van der Waals surface area contributed by atoms with Crippen LogP contribution in [0.15, 0.2) is 36.6 Å². The monoisotopic (exact) mass is 198 g/mol. The molecule has 0 aromatic heterocycles. The number of carbonyl (C=O) groups excluding carboxylic acids is 1.